The van der Waals surface area contributed by atoms with Crippen molar-refractivity contribution in [3.63, 3.8) is 0 Å². The third kappa shape index (κ3) is 3.69. The zero-order chi connectivity index (χ0) is 13.5. The van der Waals surface area contributed by atoms with Crippen LogP contribution in [-0.4, -0.2) is 24.1 Å². The van der Waals surface area contributed by atoms with E-state index in [0.29, 0.717) is 0 Å². The van der Waals surface area contributed by atoms with Crippen molar-refractivity contribution in [2.45, 2.75) is 58.5 Å². The van der Waals surface area contributed by atoms with Crippen molar-refractivity contribution >= 4 is 5.69 Å². The van der Waals surface area contributed by atoms with Gasteiger partial charge in [-0.3, -0.25) is 4.98 Å². The third-order valence-electron chi connectivity index (χ3n) is 4.04. The molecular weight excluding hydrogens is 234 g/mol. The summed E-state index contributed by atoms with van der Waals surface area (Å²) < 4.78 is 0. The van der Waals surface area contributed by atoms with E-state index in [-0.39, 0.29) is 0 Å². The highest BCUT2D eigenvalue weighted by Crippen LogP contribution is 2.29. The molecule has 1 N–H and O–H groups in total. The molecule has 3 nitrogen and oxygen atoms in total. The molecule has 19 heavy (non-hydrogen) atoms. The number of aromatic nitrogens is 1. The lowest BCUT2D eigenvalue weighted by atomic mass is 10.1. The number of pyridine rings is 1. The molecule has 1 aromatic heterocycles. The van der Waals surface area contributed by atoms with Crippen LogP contribution in [0.1, 0.15) is 51.5 Å². The predicted octanol–water partition coefficient (Wildman–Crippen LogP) is 3.35. The fraction of sp³-hybridized carbons (Fsp3) is 0.688. The van der Waals surface area contributed by atoms with E-state index in [2.05, 4.69) is 35.1 Å². The van der Waals surface area contributed by atoms with E-state index in [1.54, 1.807) is 0 Å². The first-order chi connectivity index (χ1) is 9.36. The Morgan fingerprint density at radius 2 is 2.11 bits per heavy atom. The van der Waals surface area contributed by atoms with E-state index in [9.17, 15) is 0 Å². The van der Waals surface area contributed by atoms with Gasteiger partial charge in [-0.15, -0.1) is 0 Å². The van der Waals surface area contributed by atoms with Crippen LogP contribution >= 0.6 is 0 Å². The molecule has 1 heterocycles. The van der Waals surface area contributed by atoms with Crippen LogP contribution in [0.3, 0.4) is 0 Å². The smallest absolute Gasteiger partial charge is 0.0445 e. The standard InChI is InChI=1S/C16H27N3/c1-3-10-17-12-14-13-18-11-9-16(14)19(4-2)15-7-5-6-8-15/h9,11,13,15,17H,3-8,10,12H2,1-2H3. The van der Waals surface area contributed by atoms with Gasteiger partial charge >= 0.3 is 0 Å². The van der Waals surface area contributed by atoms with Gasteiger partial charge in [0.25, 0.3) is 0 Å². The van der Waals surface area contributed by atoms with Gasteiger partial charge in [0.15, 0.2) is 0 Å². The molecular formula is C16H27N3. The zero-order valence-corrected chi connectivity index (χ0v) is 12.4. The van der Waals surface area contributed by atoms with Crippen LogP contribution in [-0.2, 0) is 6.54 Å². The fourth-order valence-corrected chi connectivity index (χ4v) is 3.08. The van der Waals surface area contributed by atoms with Crippen LogP contribution in [0.4, 0.5) is 5.69 Å². The Hall–Kier alpha value is -1.09. The van der Waals surface area contributed by atoms with Gasteiger partial charge in [-0.25, -0.2) is 0 Å². The van der Waals surface area contributed by atoms with Gasteiger partial charge in [0, 0.05) is 42.8 Å². The van der Waals surface area contributed by atoms with E-state index >= 15 is 0 Å². The third-order valence-corrected chi connectivity index (χ3v) is 4.04. The molecule has 106 valence electrons. The summed E-state index contributed by atoms with van der Waals surface area (Å²) in [4.78, 5) is 6.88. The largest absolute Gasteiger partial charge is 0.368 e. The van der Waals surface area contributed by atoms with E-state index < -0.39 is 0 Å². The molecule has 0 saturated heterocycles. The lowest BCUT2D eigenvalue weighted by Crippen LogP contribution is -2.34. The molecule has 0 aromatic carbocycles. The number of rotatable bonds is 7. The lowest BCUT2D eigenvalue weighted by Gasteiger charge is -2.31. The second kappa shape index (κ2) is 7.49. The molecule has 1 aliphatic rings. The lowest BCUT2D eigenvalue weighted by molar-refractivity contribution is 0.611. The van der Waals surface area contributed by atoms with Crippen LogP contribution in [0, 0.1) is 0 Å². The average molecular weight is 261 g/mol. The molecule has 1 aliphatic carbocycles. The quantitative estimate of drug-likeness (QED) is 0.763. The molecule has 0 spiro atoms. The predicted molar refractivity (Wildman–Crippen MR) is 81.5 cm³/mol. The number of hydrogen-bond acceptors (Lipinski definition) is 3. The Balaban J connectivity index is 2.11. The van der Waals surface area contributed by atoms with Crippen molar-refractivity contribution in [3.8, 4) is 0 Å². The van der Waals surface area contributed by atoms with Gasteiger partial charge in [0.2, 0.25) is 0 Å². The van der Waals surface area contributed by atoms with Gasteiger partial charge in [0.05, 0.1) is 0 Å². The van der Waals surface area contributed by atoms with Crippen molar-refractivity contribution in [2.24, 2.45) is 0 Å². The average Bonchev–Trinajstić information content (AvgIpc) is 2.96. The molecule has 0 radical (unpaired) electrons. The molecule has 1 aromatic rings. The second-order valence-electron chi connectivity index (χ2n) is 5.41. The van der Waals surface area contributed by atoms with E-state index in [0.717, 1.165) is 25.7 Å². The molecule has 0 bridgehead atoms. The summed E-state index contributed by atoms with van der Waals surface area (Å²) in [6.07, 6.45) is 10.6. The summed E-state index contributed by atoms with van der Waals surface area (Å²) in [5, 5.41) is 3.49. The van der Waals surface area contributed by atoms with Gasteiger partial charge in [-0.1, -0.05) is 19.8 Å². The Kier molecular flexibility index (Phi) is 5.64. The SMILES string of the molecule is CCCNCc1cnccc1N(CC)C1CCCC1. The van der Waals surface area contributed by atoms with Crippen molar-refractivity contribution in [1.29, 1.82) is 0 Å². The maximum absolute atomic E-state index is 4.30. The first-order valence-corrected chi connectivity index (χ1v) is 7.77. The van der Waals surface area contributed by atoms with Gasteiger partial charge in [-0.2, -0.15) is 0 Å². The number of hydrogen-bond donors (Lipinski definition) is 1. The van der Waals surface area contributed by atoms with Gasteiger partial charge in [-0.05, 0) is 38.8 Å². The van der Waals surface area contributed by atoms with Gasteiger partial charge < -0.3 is 10.2 Å². The van der Waals surface area contributed by atoms with E-state index in [1.165, 1.54) is 43.4 Å². The fourth-order valence-electron chi connectivity index (χ4n) is 3.08. The Morgan fingerprint density at radius 1 is 1.32 bits per heavy atom. The number of nitrogens with zero attached hydrogens (tertiary/aromatic N) is 2. The first kappa shape index (κ1) is 14.3. The summed E-state index contributed by atoms with van der Waals surface area (Å²) in [7, 11) is 0. The number of anilines is 1. The molecule has 0 amide bonds. The molecule has 0 atom stereocenters. The normalized spacial score (nSPS) is 15.9. The maximum atomic E-state index is 4.30. The Labute approximate surface area is 117 Å². The molecule has 1 saturated carbocycles. The topological polar surface area (TPSA) is 28.2 Å². The van der Waals surface area contributed by atoms with Crippen molar-refractivity contribution in [1.82, 2.24) is 10.3 Å². The second-order valence-corrected chi connectivity index (χ2v) is 5.41. The zero-order valence-electron chi connectivity index (χ0n) is 12.4. The molecule has 2 rings (SSSR count). The highest BCUT2D eigenvalue weighted by molar-refractivity contribution is 5.53. The van der Waals surface area contributed by atoms with E-state index in [4.69, 9.17) is 0 Å². The summed E-state index contributed by atoms with van der Waals surface area (Å²) in [5.41, 5.74) is 2.72. The van der Waals surface area contributed by atoms with Crippen LogP contribution < -0.4 is 10.2 Å². The first-order valence-electron chi connectivity index (χ1n) is 7.77. The number of nitrogens with one attached hydrogen (secondary N) is 1. The van der Waals surface area contributed by atoms with Crippen molar-refractivity contribution < 1.29 is 0 Å². The van der Waals surface area contributed by atoms with Crippen molar-refractivity contribution in [2.75, 3.05) is 18.0 Å². The van der Waals surface area contributed by atoms with Crippen LogP contribution in [0.5, 0.6) is 0 Å². The van der Waals surface area contributed by atoms with Crippen molar-refractivity contribution in [3.05, 3.63) is 24.0 Å². The van der Waals surface area contributed by atoms with Gasteiger partial charge in [0.1, 0.15) is 0 Å². The summed E-state index contributed by atoms with van der Waals surface area (Å²) in [6.45, 7) is 7.57. The molecule has 0 unspecified atom stereocenters. The van der Waals surface area contributed by atoms with Crippen LogP contribution in [0.15, 0.2) is 18.5 Å². The van der Waals surface area contributed by atoms with Crippen LogP contribution in [0.25, 0.3) is 0 Å². The molecule has 3 heteroatoms. The minimum atomic E-state index is 0.734. The Morgan fingerprint density at radius 3 is 2.79 bits per heavy atom. The highest BCUT2D eigenvalue weighted by Gasteiger charge is 2.23. The highest BCUT2D eigenvalue weighted by atomic mass is 15.2. The minimum absolute atomic E-state index is 0.734. The maximum Gasteiger partial charge on any atom is 0.0445 e. The Bertz CT molecular complexity index is 372. The van der Waals surface area contributed by atoms with Crippen LogP contribution in [0.2, 0.25) is 0 Å². The monoisotopic (exact) mass is 261 g/mol. The minimum Gasteiger partial charge on any atom is -0.368 e. The molecule has 1 fully saturated rings. The molecule has 0 aliphatic heterocycles. The summed E-state index contributed by atoms with van der Waals surface area (Å²) in [6, 6.07) is 2.92. The van der Waals surface area contributed by atoms with E-state index in [1.807, 2.05) is 12.4 Å². The summed E-state index contributed by atoms with van der Waals surface area (Å²) >= 11 is 0. The summed E-state index contributed by atoms with van der Waals surface area (Å²) in [5.74, 6) is 0.